The average molecular weight is 265 g/mol. The number of nitro benzene ring substituents is 1. The standard InChI is InChI=1S/C14H23N3O2/c1-11(2)7-4-5-10-16-13-9-6-8-12(15-3)14(13)17(18)19/h6,8-9,11,15-16H,4-5,7,10H2,1-3H3. The van der Waals surface area contributed by atoms with Crippen molar-refractivity contribution in [2.24, 2.45) is 5.92 Å². The van der Waals surface area contributed by atoms with Crippen LogP contribution in [-0.4, -0.2) is 18.5 Å². The lowest BCUT2D eigenvalue weighted by Crippen LogP contribution is -2.06. The van der Waals surface area contributed by atoms with Gasteiger partial charge in [0.15, 0.2) is 0 Å². The highest BCUT2D eigenvalue weighted by Crippen LogP contribution is 2.32. The van der Waals surface area contributed by atoms with Crippen LogP contribution in [-0.2, 0) is 0 Å². The first-order valence-corrected chi connectivity index (χ1v) is 6.75. The minimum atomic E-state index is -0.345. The molecule has 0 heterocycles. The van der Waals surface area contributed by atoms with Gasteiger partial charge in [0, 0.05) is 13.6 Å². The highest BCUT2D eigenvalue weighted by atomic mass is 16.6. The highest BCUT2D eigenvalue weighted by molar-refractivity contribution is 5.75. The predicted molar refractivity (Wildman–Crippen MR) is 79.8 cm³/mol. The SMILES string of the molecule is CNc1cccc(NCCCCC(C)C)c1[N+](=O)[O-]. The molecule has 0 aliphatic heterocycles. The Balaban J connectivity index is 2.60. The zero-order valence-electron chi connectivity index (χ0n) is 11.9. The second-order valence-corrected chi connectivity index (χ2v) is 5.03. The molecule has 1 rings (SSSR count). The summed E-state index contributed by atoms with van der Waals surface area (Å²) in [5.74, 6) is 0.710. The average Bonchev–Trinajstić information content (AvgIpc) is 2.37. The first-order chi connectivity index (χ1) is 9.06. The van der Waals surface area contributed by atoms with Crippen molar-refractivity contribution in [1.29, 1.82) is 0 Å². The van der Waals surface area contributed by atoms with Gasteiger partial charge in [0.25, 0.3) is 0 Å². The number of nitro groups is 1. The van der Waals surface area contributed by atoms with E-state index in [1.807, 2.05) is 6.07 Å². The Morgan fingerprint density at radius 2 is 1.95 bits per heavy atom. The van der Waals surface area contributed by atoms with E-state index in [9.17, 15) is 10.1 Å². The molecule has 1 aromatic carbocycles. The highest BCUT2D eigenvalue weighted by Gasteiger charge is 2.18. The molecule has 1 aromatic rings. The van der Waals surface area contributed by atoms with Crippen molar-refractivity contribution >= 4 is 17.1 Å². The van der Waals surface area contributed by atoms with Crippen LogP contribution < -0.4 is 10.6 Å². The Hall–Kier alpha value is -1.78. The lowest BCUT2D eigenvalue weighted by molar-refractivity contribution is -0.383. The second-order valence-electron chi connectivity index (χ2n) is 5.03. The fraction of sp³-hybridized carbons (Fsp3) is 0.571. The van der Waals surface area contributed by atoms with Gasteiger partial charge in [0.2, 0.25) is 0 Å². The van der Waals surface area contributed by atoms with Crippen molar-refractivity contribution in [3.63, 3.8) is 0 Å². The van der Waals surface area contributed by atoms with Gasteiger partial charge in [0.1, 0.15) is 11.4 Å². The Labute approximate surface area is 114 Å². The summed E-state index contributed by atoms with van der Waals surface area (Å²) in [7, 11) is 1.69. The van der Waals surface area contributed by atoms with Crippen molar-refractivity contribution < 1.29 is 4.92 Å². The number of nitrogens with one attached hydrogen (secondary N) is 2. The second kappa shape index (κ2) is 7.61. The van der Waals surface area contributed by atoms with Gasteiger partial charge in [-0.3, -0.25) is 10.1 Å². The van der Waals surface area contributed by atoms with E-state index in [1.54, 1.807) is 19.2 Å². The molecule has 5 nitrogen and oxygen atoms in total. The van der Waals surface area contributed by atoms with E-state index in [1.165, 1.54) is 6.42 Å². The molecule has 0 unspecified atom stereocenters. The lowest BCUT2D eigenvalue weighted by Gasteiger charge is -2.10. The number of anilines is 2. The van der Waals surface area contributed by atoms with Gasteiger partial charge >= 0.3 is 5.69 Å². The summed E-state index contributed by atoms with van der Waals surface area (Å²) in [6, 6.07) is 5.28. The molecule has 0 bridgehead atoms. The van der Waals surface area contributed by atoms with Crippen LogP contribution in [0.4, 0.5) is 17.1 Å². The number of para-hydroxylation sites is 1. The Kier molecular flexibility index (Phi) is 6.12. The number of nitrogens with zero attached hydrogens (tertiary/aromatic N) is 1. The van der Waals surface area contributed by atoms with Gasteiger partial charge in [-0.25, -0.2) is 0 Å². The third kappa shape index (κ3) is 4.77. The van der Waals surface area contributed by atoms with Crippen LogP contribution in [0.15, 0.2) is 18.2 Å². The largest absolute Gasteiger partial charge is 0.382 e. The van der Waals surface area contributed by atoms with E-state index < -0.39 is 0 Å². The first-order valence-electron chi connectivity index (χ1n) is 6.75. The third-order valence-corrected chi connectivity index (χ3v) is 3.01. The summed E-state index contributed by atoms with van der Waals surface area (Å²) in [6.07, 6.45) is 3.36. The molecular weight excluding hydrogens is 242 g/mol. The Bertz CT molecular complexity index is 419. The van der Waals surface area contributed by atoms with Crippen molar-refractivity contribution in [2.45, 2.75) is 33.1 Å². The molecule has 0 spiro atoms. The van der Waals surface area contributed by atoms with Gasteiger partial charge in [0.05, 0.1) is 4.92 Å². The topological polar surface area (TPSA) is 67.2 Å². The quantitative estimate of drug-likeness (QED) is 0.425. The molecule has 106 valence electrons. The summed E-state index contributed by atoms with van der Waals surface area (Å²) >= 11 is 0. The number of unbranched alkanes of at least 4 members (excludes halogenated alkanes) is 1. The molecule has 0 saturated carbocycles. The molecule has 0 saturated heterocycles. The van der Waals surface area contributed by atoms with E-state index in [2.05, 4.69) is 24.5 Å². The number of rotatable bonds is 8. The molecule has 0 aliphatic carbocycles. The normalized spacial score (nSPS) is 10.5. The monoisotopic (exact) mass is 265 g/mol. The first kappa shape index (κ1) is 15.3. The number of hydrogen-bond acceptors (Lipinski definition) is 4. The van der Waals surface area contributed by atoms with Crippen LogP contribution in [0.2, 0.25) is 0 Å². The molecule has 19 heavy (non-hydrogen) atoms. The van der Waals surface area contributed by atoms with E-state index in [4.69, 9.17) is 0 Å². The van der Waals surface area contributed by atoms with Crippen LogP contribution in [0.1, 0.15) is 33.1 Å². The van der Waals surface area contributed by atoms with Crippen LogP contribution in [0.5, 0.6) is 0 Å². The van der Waals surface area contributed by atoms with Crippen LogP contribution in [0.25, 0.3) is 0 Å². The summed E-state index contributed by atoms with van der Waals surface area (Å²) in [6.45, 7) is 5.17. The summed E-state index contributed by atoms with van der Waals surface area (Å²) in [4.78, 5) is 10.8. The Morgan fingerprint density at radius 1 is 1.26 bits per heavy atom. The van der Waals surface area contributed by atoms with Crippen molar-refractivity contribution in [3.8, 4) is 0 Å². The van der Waals surface area contributed by atoms with Crippen molar-refractivity contribution in [1.82, 2.24) is 0 Å². The van der Waals surface area contributed by atoms with E-state index in [0.29, 0.717) is 17.3 Å². The maximum Gasteiger partial charge on any atom is 0.315 e. The van der Waals surface area contributed by atoms with E-state index >= 15 is 0 Å². The fourth-order valence-electron chi connectivity index (χ4n) is 1.99. The zero-order chi connectivity index (χ0) is 14.3. The van der Waals surface area contributed by atoms with Crippen molar-refractivity contribution in [3.05, 3.63) is 28.3 Å². The van der Waals surface area contributed by atoms with Gasteiger partial charge in [-0.2, -0.15) is 0 Å². The molecular formula is C14H23N3O2. The lowest BCUT2D eigenvalue weighted by atomic mass is 10.1. The number of hydrogen-bond donors (Lipinski definition) is 2. The minimum absolute atomic E-state index is 0.119. The molecule has 0 aromatic heterocycles. The molecule has 0 amide bonds. The van der Waals surface area contributed by atoms with Crippen molar-refractivity contribution in [2.75, 3.05) is 24.2 Å². The smallest absolute Gasteiger partial charge is 0.315 e. The summed E-state index contributed by atoms with van der Waals surface area (Å²) in [5, 5.41) is 17.1. The number of benzene rings is 1. The summed E-state index contributed by atoms with van der Waals surface area (Å²) in [5.41, 5.74) is 1.24. The Morgan fingerprint density at radius 3 is 2.53 bits per heavy atom. The maximum atomic E-state index is 11.1. The van der Waals surface area contributed by atoms with Crippen LogP contribution in [0, 0.1) is 16.0 Å². The third-order valence-electron chi connectivity index (χ3n) is 3.01. The van der Waals surface area contributed by atoms with E-state index in [0.717, 1.165) is 19.4 Å². The predicted octanol–water partition coefficient (Wildman–Crippen LogP) is 3.87. The van der Waals surface area contributed by atoms with Crippen LogP contribution >= 0.6 is 0 Å². The summed E-state index contributed by atoms with van der Waals surface area (Å²) < 4.78 is 0. The maximum absolute atomic E-state index is 11.1. The molecule has 0 aliphatic rings. The van der Waals surface area contributed by atoms with Gasteiger partial charge in [-0.15, -0.1) is 0 Å². The fourth-order valence-corrected chi connectivity index (χ4v) is 1.99. The molecule has 2 N–H and O–H groups in total. The minimum Gasteiger partial charge on any atom is -0.382 e. The van der Waals surface area contributed by atoms with Gasteiger partial charge < -0.3 is 10.6 Å². The van der Waals surface area contributed by atoms with Gasteiger partial charge in [-0.05, 0) is 24.5 Å². The molecule has 0 fully saturated rings. The molecule has 0 radical (unpaired) electrons. The zero-order valence-corrected chi connectivity index (χ0v) is 11.9. The van der Waals surface area contributed by atoms with E-state index in [-0.39, 0.29) is 10.6 Å². The van der Waals surface area contributed by atoms with Gasteiger partial charge in [-0.1, -0.05) is 32.8 Å². The molecule has 5 heteroatoms. The van der Waals surface area contributed by atoms with Crippen LogP contribution in [0.3, 0.4) is 0 Å². The molecule has 0 atom stereocenters.